The molecule has 0 spiro atoms. The third-order valence-electron chi connectivity index (χ3n) is 3.24. The van der Waals surface area contributed by atoms with Crippen molar-refractivity contribution in [3.8, 4) is 0 Å². The van der Waals surface area contributed by atoms with E-state index in [1.807, 2.05) is 36.6 Å². The number of thiophene rings is 1. The summed E-state index contributed by atoms with van der Waals surface area (Å²) in [5.41, 5.74) is 1.81. The third kappa shape index (κ3) is 3.49. The summed E-state index contributed by atoms with van der Waals surface area (Å²) in [6, 6.07) is 9.83. The molecule has 1 aromatic carbocycles. The van der Waals surface area contributed by atoms with Gasteiger partial charge in [0.15, 0.2) is 0 Å². The summed E-state index contributed by atoms with van der Waals surface area (Å²) in [6.45, 7) is 6.25. The summed E-state index contributed by atoms with van der Waals surface area (Å²) in [5.74, 6) is 0.323. The molecule has 1 atom stereocenters. The number of carbonyl (C=O) groups is 1. The molecule has 0 fully saturated rings. The quantitative estimate of drug-likeness (QED) is 0.829. The molecule has 0 radical (unpaired) electrons. The van der Waals surface area contributed by atoms with Gasteiger partial charge in [-0.1, -0.05) is 41.9 Å². The van der Waals surface area contributed by atoms with Gasteiger partial charge in [-0.15, -0.1) is 11.3 Å². The standard InChI is InChI=1S/C16H18BrNOS/c1-10(2)15(14-5-4-8-20-14)18-16(19)12-7-6-11(3)13(17)9-12/h4-10,15H,1-3H3,(H,18,19). The Labute approximate surface area is 132 Å². The van der Waals surface area contributed by atoms with E-state index in [-0.39, 0.29) is 11.9 Å². The van der Waals surface area contributed by atoms with Crippen molar-refractivity contribution in [1.29, 1.82) is 0 Å². The number of hydrogen-bond donors (Lipinski definition) is 1. The minimum absolute atomic E-state index is 0.0298. The molecular weight excluding hydrogens is 334 g/mol. The highest BCUT2D eigenvalue weighted by Crippen LogP contribution is 2.26. The second-order valence-electron chi connectivity index (χ2n) is 5.17. The zero-order valence-electron chi connectivity index (χ0n) is 11.8. The predicted octanol–water partition coefficient (Wildman–Crippen LogP) is 4.95. The second kappa shape index (κ2) is 6.55. The van der Waals surface area contributed by atoms with Gasteiger partial charge >= 0.3 is 0 Å². The van der Waals surface area contributed by atoms with Crippen LogP contribution >= 0.6 is 27.3 Å². The summed E-state index contributed by atoms with van der Waals surface area (Å²) in [4.78, 5) is 13.6. The summed E-state index contributed by atoms with van der Waals surface area (Å²) in [7, 11) is 0. The van der Waals surface area contributed by atoms with Crippen LogP contribution in [0.4, 0.5) is 0 Å². The lowest BCUT2D eigenvalue weighted by Crippen LogP contribution is -2.31. The van der Waals surface area contributed by atoms with Crippen molar-refractivity contribution in [2.45, 2.75) is 26.8 Å². The topological polar surface area (TPSA) is 29.1 Å². The number of benzene rings is 1. The van der Waals surface area contributed by atoms with Crippen molar-refractivity contribution in [3.63, 3.8) is 0 Å². The maximum absolute atomic E-state index is 12.4. The van der Waals surface area contributed by atoms with Crippen molar-refractivity contribution in [2.24, 2.45) is 5.92 Å². The molecule has 1 heterocycles. The Balaban J connectivity index is 2.18. The van der Waals surface area contributed by atoms with E-state index < -0.39 is 0 Å². The maximum Gasteiger partial charge on any atom is 0.251 e. The van der Waals surface area contributed by atoms with E-state index in [1.165, 1.54) is 4.88 Å². The monoisotopic (exact) mass is 351 g/mol. The van der Waals surface area contributed by atoms with Gasteiger partial charge in [0.2, 0.25) is 0 Å². The minimum Gasteiger partial charge on any atom is -0.344 e. The predicted molar refractivity (Wildman–Crippen MR) is 88.2 cm³/mol. The van der Waals surface area contributed by atoms with E-state index >= 15 is 0 Å². The zero-order valence-corrected chi connectivity index (χ0v) is 14.2. The van der Waals surface area contributed by atoms with E-state index in [1.54, 1.807) is 11.3 Å². The smallest absolute Gasteiger partial charge is 0.251 e. The number of carbonyl (C=O) groups excluding carboxylic acids is 1. The van der Waals surface area contributed by atoms with Gasteiger partial charge < -0.3 is 5.32 Å². The van der Waals surface area contributed by atoms with Gasteiger partial charge in [-0.05, 0) is 42.0 Å². The van der Waals surface area contributed by atoms with Gasteiger partial charge in [0.1, 0.15) is 0 Å². The molecule has 1 amide bonds. The highest BCUT2D eigenvalue weighted by atomic mass is 79.9. The fourth-order valence-corrected chi connectivity index (χ4v) is 3.32. The lowest BCUT2D eigenvalue weighted by Gasteiger charge is -2.21. The zero-order chi connectivity index (χ0) is 14.7. The molecule has 0 saturated heterocycles. The van der Waals surface area contributed by atoms with Gasteiger partial charge in [-0.3, -0.25) is 4.79 Å². The van der Waals surface area contributed by atoms with Crippen molar-refractivity contribution in [1.82, 2.24) is 5.32 Å². The van der Waals surface area contributed by atoms with Gasteiger partial charge in [0, 0.05) is 14.9 Å². The SMILES string of the molecule is Cc1ccc(C(=O)NC(c2cccs2)C(C)C)cc1Br. The van der Waals surface area contributed by atoms with Gasteiger partial charge in [0.25, 0.3) is 5.91 Å². The number of halogens is 1. The van der Waals surface area contributed by atoms with Crippen LogP contribution < -0.4 is 5.32 Å². The number of aryl methyl sites for hydroxylation is 1. The van der Waals surface area contributed by atoms with Crippen LogP contribution in [0.5, 0.6) is 0 Å². The van der Waals surface area contributed by atoms with E-state index in [0.717, 1.165) is 10.0 Å². The van der Waals surface area contributed by atoms with Crippen molar-refractivity contribution >= 4 is 33.2 Å². The molecule has 0 saturated carbocycles. The number of hydrogen-bond acceptors (Lipinski definition) is 2. The molecule has 2 rings (SSSR count). The molecule has 0 bridgehead atoms. The molecule has 4 heteroatoms. The van der Waals surface area contributed by atoms with E-state index in [9.17, 15) is 4.79 Å². The molecule has 1 unspecified atom stereocenters. The lowest BCUT2D eigenvalue weighted by atomic mass is 10.0. The van der Waals surface area contributed by atoms with Crippen LogP contribution in [0.3, 0.4) is 0 Å². The molecule has 1 aromatic heterocycles. The van der Waals surface area contributed by atoms with Crippen LogP contribution in [0.1, 0.15) is 40.7 Å². The normalized spacial score (nSPS) is 12.4. The lowest BCUT2D eigenvalue weighted by molar-refractivity contribution is 0.0926. The molecular formula is C16H18BrNOS. The van der Waals surface area contributed by atoms with Crippen LogP contribution in [0, 0.1) is 12.8 Å². The van der Waals surface area contributed by atoms with E-state index in [2.05, 4.69) is 41.2 Å². The Hall–Kier alpha value is -1.13. The van der Waals surface area contributed by atoms with E-state index in [0.29, 0.717) is 11.5 Å². The largest absolute Gasteiger partial charge is 0.344 e. The van der Waals surface area contributed by atoms with Crippen LogP contribution in [0.2, 0.25) is 0 Å². The molecule has 106 valence electrons. The van der Waals surface area contributed by atoms with Crippen molar-refractivity contribution in [3.05, 3.63) is 56.2 Å². The number of rotatable bonds is 4. The van der Waals surface area contributed by atoms with E-state index in [4.69, 9.17) is 0 Å². The molecule has 20 heavy (non-hydrogen) atoms. The minimum atomic E-state index is -0.0298. The fraction of sp³-hybridized carbons (Fsp3) is 0.312. The Morgan fingerprint density at radius 2 is 2.05 bits per heavy atom. The summed E-state index contributed by atoms with van der Waals surface area (Å²) >= 11 is 5.15. The summed E-state index contributed by atoms with van der Waals surface area (Å²) in [6.07, 6.45) is 0. The number of amides is 1. The van der Waals surface area contributed by atoms with Crippen LogP contribution in [-0.4, -0.2) is 5.91 Å². The van der Waals surface area contributed by atoms with Crippen LogP contribution in [-0.2, 0) is 0 Å². The first-order valence-electron chi connectivity index (χ1n) is 6.59. The first-order chi connectivity index (χ1) is 9.49. The molecule has 0 aliphatic rings. The highest BCUT2D eigenvalue weighted by molar-refractivity contribution is 9.10. The fourth-order valence-electron chi connectivity index (χ4n) is 1.99. The highest BCUT2D eigenvalue weighted by Gasteiger charge is 2.20. The van der Waals surface area contributed by atoms with Crippen LogP contribution in [0.15, 0.2) is 40.2 Å². The Morgan fingerprint density at radius 1 is 1.30 bits per heavy atom. The van der Waals surface area contributed by atoms with Gasteiger partial charge in [-0.25, -0.2) is 0 Å². The molecule has 1 N–H and O–H groups in total. The molecule has 0 aliphatic carbocycles. The first-order valence-corrected chi connectivity index (χ1v) is 8.26. The Morgan fingerprint density at radius 3 is 2.60 bits per heavy atom. The molecule has 2 nitrogen and oxygen atoms in total. The summed E-state index contributed by atoms with van der Waals surface area (Å²) in [5, 5.41) is 5.17. The van der Waals surface area contributed by atoms with Gasteiger partial charge in [0.05, 0.1) is 6.04 Å². The third-order valence-corrected chi connectivity index (χ3v) is 5.05. The maximum atomic E-state index is 12.4. The Kier molecular flexibility index (Phi) is 5.00. The average molecular weight is 352 g/mol. The molecule has 2 aromatic rings. The van der Waals surface area contributed by atoms with Crippen molar-refractivity contribution < 1.29 is 4.79 Å². The molecule has 0 aliphatic heterocycles. The first kappa shape index (κ1) is 15.3. The van der Waals surface area contributed by atoms with Crippen LogP contribution in [0.25, 0.3) is 0 Å². The number of nitrogens with one attached hydrogen (secondary N) is 1. The Bertz CT molecular complexity index is 593. The van der Waals surface area contributed by atoms with Gasteiger partial charge in [-0.2, -0.15) is 0 Å². The second-order valence-corrected chi connectivity index (χ2v) is 7.01. The van der Waals surface area contributed by atoms with Crippen molar-refractivity contribution in [2.75, 3.05) is 0 Å². The average Bonchev–Trinajstić information content (AvgIpc) is 2.92. The summed E-state index contributed by atoms with van der Waals surface area (Å²) < 4.78 is 0.961.